The molecule has 0 N–H and O–H groups in total. The molecule has 32 heavy (non-hydrogen) atoms. The number of hydrogen-bond donors (Lipinski definition) is 0. The molecular weight excluding hydrogens is 413 g/mol. The highest BCUT2D eigenvalue weighted by Gasteiger charge is 2.43. The lowest BCUT2D eigenvalue weighted by molar-refractivity contribution is 0.0971. The number of nitrogens with zero attached hydrogens (tertiary/aromatic N) is 1. The second kappa shape index (κ2) is 7.53. The smallest absolute Gasteiger partial charge is 0.295 e. The molecule has 0 saturated carbocycles. The summed E-state index contributed by atoms with van der Waals surface area (Å²) in [6, 6.07) is 17.0. The number of hydrogen-bond acceptors (Lipinski definition) is 5. The highest BCUT2D eigenvalue weighted by molar-refractivity contribution is 6.10. The van der Waals surface area contributed by atoms with Gasteiger partial charge in [-0.25, -0.2) is 4.39 Å². The predicted molar refractivity (Wildman–Crippen MR) is 117 cm³/mol. The standard InChI is InChI=1S/C25H18FNO5/c1-30-17-7-3-5-14(11-17)22-21-23(28)19-12-15(26)9-10-20(19)32-24(21)25(29)27(22)16-6-4-8-18(13-16)31-2/h3-13,22H,1-2H3. The maximum absolute atomic E-state index is 13.9. The zero-order chi connectivity index (χ0) is 22.4. The van der Waals surface area contributed by atoms with Crippen LogP contribution in [0.4, 0.5) is 10.1 Å². The molecule has 1 atom stereocenters. The first-order valence-corrected chi connectivity index (χ1v) is 9.89. The predicted octanol–water partition coefficient (Wildman–Crippen LogP) is 4.70. The van der Waals surface area contributed by atoms with E-state index in [0.717, 1.165) is 6.07 Å². The van der Waals surface area contributed by atoms with E-state index in [1.54, 1.807) is 48.5 Å². The third kappa shape index (κ3) is 3.01. The maximum atomic E-state index is 13.9. The summed E-state index contributed by atoms with van der Waals surface area (Å²) in [5, 5.41) is 0.0805. The molecule has 160 valence electrons. The van der Waals surface area contributed by atoms with Gasteiger partial charge < -0.3 is 13.9 Å². The lowest BCUT2D eigenvalue weighted by Crippen LogP contribution is -2.29. The number of rotatable bonds is 4. The number of benzene rings is 3. The van der Waals surface area contributed by atoms with Gasteiger partial charge in [0.2, 0.25) is 5.76 Å². The van der Waals surface area contributed by atoms with Crippen LogP contribution in [0.1, 0.15) is 27.7 Å². The molecule has 4 aromatic rings. The van der Waals surface area contributed by atoms with Gasteiger partial charge in [0.05, 0.1) is 31.2 Å². The Morgan fingerprint density at radius 1 is 0.906 bits per heavy atom. The molecule has 1 aromatic heterocycles. The lowest BCUT2D eigenvalue weighted by Gasteiger charge is -2.25. The van der Waals surface area contributed by atoms with Crippen LogP contribution in [0.2, 0.25) is 0 Å². The van der Waals surface area contributed by atoms with Gasteiger partial charge in [-0.2, -0.15) is 0 Å². The summed E-state index contributed by atoms with van der Waals surface area (Å²) in [6.07, 6.45) is 0. The molecule has 3 aromatic carbocycles. The Bertz CT molecular complexity index is 1430. The SMILES string of the molecule is COc1cccc(C2c3c(oc4ccc(F)cc4c3=O)C(=O)N2c2cccc(OC)c2)c1. The van der Waals surface area contributed by atoms with Crippen LogP contribution in [0, 0.1) is 5.82 Å². The van der Waals surface area contributed by atoms with Crippen LogP contribution in [0.15, 0.2) is 75.9 Å². The fourth-order valence-electron chi connectivity index (χ4n) is 4.10. The number of ether oxygens (including phenoxy) is 2. The molecule has 0 fully saturated rings. The molecule has 1 amide bonds. The summed E-state index contributed by atoms with van der Waals surface area (Å²) in [5.74, 6) is 0.0400. The summed E-state index contributed by atoms with van der Waals surface area (Å²) in [4.78, 5) is 28.5. The minimum absolute atomic E-state index is 0.0650. The van der Waals surface area contributed by atoms with Gasteiger partial charge in [-0.05, 0) is 48.0 Å². The van der Waals surface area contributed by atoms with Gasteiger partial charge in [0.1, 0.15) is 22.9 Å². The minimum Gasteiger partial charge on any atom is -0.497 e. The highest BCUT2D eigenvalue weighted by atomic mass is 19.1. The molecule has 2 heterocycles. The Labute approximate surface area is 182 Å². The maximum Gasteiger partial charge on any atom is 0.295 e. The van der Waals surface area contributed by atoms with E-state index in [2.05, 4.69) is 0 Å². The van der Waals surface area contributed by atoms with Crippen molar-refractivity contribution in [2.75, 3.05) is 19.1 Å². The minimum atomic E-state index is -0.788. The summed E-state index contributed by atoms with van der Waals surface area (Å²) in [7, 11) is 3.07. The van der Waals surface area contributed by atoms with E-state index in [1.165, 1.54) is 31.3 Å². The van der Waals surface area contributed by atoms with Crippen LogP contribution in [0.3, 0.4) is 0 Å². The Morgan fingerprint density at radius 2 is 1.62 bits per heavy atom. The molecule has 1 aliphatic heterocycles. The summed E-state index contributed by atoms with van der Waals surface area (Å²) in [6.45, 7) is 0. The number of anilines is 1. The Hall–Kier alpha value is -4.13. The normalized spacial score (nSPS) is 15.2. The number of halogens is 1. The number of carbonyl (C=O) groups is 1. The van der Waals surface area contributed by atoms with Crippen LogP contribution in [0.5, 0.6) is 11.5 Å². The van der Waals surface area contributed by atoms with Crippen LogP contribution in [-0.2, 0) is 0 Å². The first kappa shape index (κ1) is 19.8. The van der Waals surface area contributed by atoms with E-state index in [-0.39, 0.29) is 22.3 Å². The largest absolute Gasteiger partial charge is 0.497 e. The van der Waals surface area contributed by atoms with Gasteiger partial charge in [0, 0.05) is 11.8 Å². The number of amides is 1. The second-order valence-corrected chi connectivity index (χ2v) is 7.37. The van der Waals surface area contributed by atoms with Crippen LogP contribution in [0.25, 0.3) is 11.0 Å². The van der Waals surface area contributed by atoms with Crippen molar-refractivity contribution in [1.29, 1.82) is 0 Å². The summed E-state index contributed by atoms with van der Waals surface area (Å²) in [5.41, 5.74) is 1.04. The fraction of sp³-hybridized carbons (Fsp3) is 0.120. The summed E-state index contributed by atoms with van der Waals surface area (Å²) >= 11 is 0. The molecule has 0 bridgehead atoms. The second-order valence-electron chi connectivity index (χ2n) is 7.37. The lowest BCUT2D eigenvalue weighted by atomic mass is 9.98. The number of carbonyl (C=O) groups excluding carboxylic acids is 1. The Kier molecular flexibility index (Phi) is 4.66. The molecular formula is C25H18FNO5. The van der Waals surface area contributed by atoms with Crippen LogP contribution >= 0.6 is 0 Å². The third-order valence-corrected chi connectivity index (χ3v) is 5.57. The number of methoxy groups -OCH3 is 2. The van der Waals surface area contributed by atoms with Gasteiger partial charge in [-0.1, -0.05) is 18.2 Å². The zero-order valence-corrected chi connectivity index (χ0v) is 17.3. The first-order chi connectivity index (χ1) is 15.5. The Balaban J connectivity index is 1.81. The van der Waals surface area contributed by atoms with Gasteiger partial charge in [-0.15, -0.1) is 0 Å². The van der Waals surface area contributed by atoms with Crippen molar-refractivity contribution in [1.82, 2.24) is 0 Å². The van der Waals surface area contributed by atoms with E-state index in [9.17, 15) is 14.0 Å². The molecule has 0 aliphatic carbocycles. The molecule has 0 spiro atoms. The molecule has 1 unspecified atom stereocenters. The molecule has 5 rings (SSSR count). The topological polar surface area (TPSA) is 69.0 Å². The molecule has 7 heteroatoms. The van der Waals surface area contributed by atoms with Crippen molar-refractivity contribution in [2.24, 2.45) is 0 Å². The van der Waals surface area contributed by atoms with Crippen LogP contribution < -0.4 is 19.8 Å². The molecule has 0 radical (unpaired) electrons. The zero-order valence-electron chi connectivity index (χ0n) is 17.3. The van der Waals surface area contributed by atoms with E-state index >= 15 is 0 Å². The van der Waals surface area contributed by atoms with E-state index < -0.39 is 23.2 Å². The van der Waals surface area contributed by atoms with Crippen molar-refractivity contribution in [3.63, 3.8) is 0 Å². The van der Waals surface area contributed by atoms with E-state index in [4.69, 9.17) is 13.9 Å². The van der Waals surface area contributed by atoms with E-state index in [0.29, 0.717) is 22.7 Å². The van der Waals surface area contributed by atoms with Crippen molar-refractivity contribution >= 4 is 22.6 Å². The Morgan fingerprint density at radius 3 is 2.38 bits per heavy atom. The first-order valence-electron chi connectivity index (χ1n) is 9.89. The summed E-state index contributed by atoms with van der Waals surface area (Å²) < 4.78 is 30.4. The average molecular weight is 431 g/mol. The molecule has 0 saturated heterocycles. The van der Waals surface area contributed by atoms with Gasteiger partial charge in [0.25, 0.3) is 5.91 Å². The third-order valence-electron chi connectivity index (χ3n) is 5.57. The highest BCUT2D eigenvalue weighted by Crippen LogP contribution is 2.42. The van der Waals surface area contributed by atoms with E-state index in [1.807, 2.05) is 0 Å². The van der Waals surface area contributed by atoms with Crippen LogP contribution in [-0.4, -0.2) is 20.1 Å². The number of fused-ring (bicyclic) bond motifs is 2. The quantitative estimate of drug-likeness (QED) is 0.469. The van der Waals surface area contributed by atoms with Crippen molar-refractivity contribution in [3.05, 3.63) is 99.7 Å². The van der Waals surface area contributed by atoms with Crippen molar-refractivity contribution in [2.45, 2.75) is 6.04 Å². The van der Waals surface area contributed by atoms with Crippen molar-refractivity contribution < 1.29 is 23.1 Å². The molecule has 6 nitrogen and oxygen atoms in total. The monoisotopic (exact) mass is 431 g/mol. The van der Waals surface area contributed by atoms with Gasteiger partial charge in [-0.3, -0.25) is 14.5 Å². The fourth-order valence-corrected chi connectivity index (χ4v) is 4.10. The van der Waals surface area contributed by atoms with Crippen molar-refractivity contribution in [3.8, 4) is 11.5 Å². The van der Waals surface area contributed by atoms with Gasteiger partial charge >= 0.3 is 0 Å². The molecule has 1 aliphatic rings. The van der Waals surface area contributed by atoms with Gasteiger partial charge in [0.15, 0.2) is 5.43 Å². The average Bonchev–Trinajstić information content (AvgIpc) is 3.12.